The average molecular weight is 510 g/mol. The highest BCUT2D eigenvalue weighted by atomic mass is 79.9. The summed E-state index contributed by atoms with van der Waals surface area (Å²) in [6.07, 6.45) is 3.90. The minimum Gasteiger partial charge on any atom is -0.384 e. The smallest absolute Gasteiger partial charge is 0.266 e. The second-order valence-electron chi connectivity index (χ2n) is 6.62. The zero-order valence-corrected chi connectivity index (χ0v) is 18.7. The fourth-order valence-corrected chi connectivity index (χ4v) is 5.46. The van der Waals surface area contributed by atoms with Crippen molar-refractivity contribution in [3.63, 3.8) is 0 Å². The molecule has 1 aromatic carbocycles. The first-order valence-electron chi connectivity index (χ1n) is 9.16. The van der Waals surface area contributed by atoms with Crippen LogP contribution in [0.3, 0.4) is 0 Å². The highest BCUT2D eigenvalue weighted by Gasteiger charge is 2.22. The molecule has 2 heterocycles. The minimum absolute atomic E-state index is 0.165. The zero-order valence-electron chi connectivity index (χ0n) is 15.5. The van der Waals surface area contributed by atoms with Crippen molar-refractivity contribution in [2.45, 2.75) is 30.2 Å². The van der Waals surface area contributed by atoms with E-state index < -0.39 is 25.9 Å². The van der Waals surface area contributed by atoms with Gasteiger partial charge in [-0.1, -0.05) is 11.3 Å². The molecule has 2 aromatic rings. The highest BCUT2D eigenvalue weighted by molar-refractivity contribution is 9.10. The van der Waals surface area contributed by atoms with Gasteiger partial charge in [-0.2, -0.15) is 4.39 Å². The minimum atomic E-state index is -4.23. The van der Waals surface area contributed by atoms with E-state index in [4.69, 9.17) is 0 Å². The standard InChI is InChI=1S/C17H22BrF2N5O2S2/c18-12-7-15(29(26,27)25-17-24-10-16(20)28-17)13(19)8-14(12)23-5-2-1-4-22-11-3-6-21-9-11/h7-8,10-11,21-23H,1-6,9H2,(H,24,25)/t11-/m1/s1. The molecule has 0 aliphatic carbocycles. The number of hydrogen-bond donors (Lipinski definition) is 4. The second-order valence-corrected chi connectivity index (χ2v) is 10.1. The van der Waals surface area contributed by atoms with Gasteiger partial charge in [0.1, 0.15) is 10.7 Å². The van der Waals surface area contributed by atoms with Gasteiger partial charge in [-0.3, -0.25) is 4.72 Å². The molecule has 0 saturated carbocycles. The Morgan fingerprint density at radius 3 is 2.76 bits per heavy atom. The Balaban J connectivity index is 1.53. The molecule has 0 bridgehead atoms. The van der Waals surface area contributed by atoms with Gasteiger partial charge in [0.15, 0.2) is 10.3 Å². The Morgan fingerprint density at radius 1 is 1.28 bits per heavy atom. The summed E-state index contributed by atoms with van der Waals surface area (Å²) in [6.45, 7) is 3.61. The van der Waals surface area contributed by atoms with Crippen LogP contribution in [0.5, 0.6) is 0 Å². The van der Waals surface area contributed by atoms with Crippen LogP contribution in [0.15, 0.2) is 27.7 Å². The first-order chi connectivity index (χ1) is 13.8. The van der Waals surface area contributed by atoms with Crippen molar-refractivity contribution < 1.29 is 17.2 Å². The van der Waals surface area contributed by atoms with E-state index in [9.17, 15) is 17.2 Å². The van der Waals surface area contributed by atoms with Crippen molar-refractivity contribution in [1.82, 2.24) is 15.6 Å². The third-order valence-corrected chi connectivity index (χ3v) is 7.26. The van der Waals surface area contributed by atoms with Crippen molar-refractivity contribution in [3.05, 3.63) is 33.8 Å². The molecular formula is C17H22BrF2N5O2S2. The van der Waals surface area contributed by atoms with Crippen molar-refractivity contribution in [3.8, 4) is 0 Å². The number of sulfonamides is 1. The fraction of sp³-hybridized carbons (Fsp3) is 0.471. The molecule has 1 atom stereocenters. The van der Waals surface area contributed by atoms with Crippen molar-refractivity contribution in [2.24, 2.45) is 0 Å². The van der Waals surface area contributed by atoms with E-state index >= 15 is 0 Å². The number of unbranched alkanes of at least 4 members (excludes halogenated alkanes) is 1. The molecule has 3 rings (SSSR count). The fourth-order valence-electron chi connectivity index (χ4n) is 2.95. The molecule has 4 N–H and O–H groups in total. The summed E-state index contributed by atoms with van der Waals surface area (Å²) in [4.78, 5) is 3.04. The lowest BCUT2D eigenvalue weighted by atomic mass is 10.2. The molecule has 1 aliphatic rings. The molecule has 12 heteroatoms. The predicted octanol–water partition coefficient (Wildman–Crippen LogP) is 3.13. The number of rotatable bonds is 10. The number of anilines is 2. The number of halogens is 3. The van der Waals surface area contributed by atoms with Crippen LogP contribution in [0.25, 0.3) is 0 Å². The van der Waals surface area contributed by atoms with Gasteiger partial charge in [0, 0.05) is 23.6 Å². The summed E-state index contributed by atoms with van der Waals surface area (Å²) in [6, 6.07) is 2.84. The summed E-state index contributed by atoms with van der Waals surface area (Å²) in [5.74, 6) is -0.907. The second kappa shape index (κ2) is 10.1. The first kappa shape index (κ1) is 22.3. The zero-order chi connectivity index (χ0) is 20.9. The SMILES string of the molecule is O=S(=O)(Nc1ncc(F)s1)c1cc(Br)c(NCCCCN[C@@H]2CCNC2)cc1F. The van der Waals surface area contributed by atoms with Crippen LogP contribution < -0.4 is 20.7 Å². The Kier molecular flexibility index (Phi) is 7.79. The van der Waals surface area contributed by atoms with Crippen LogP contribution in [0.2, 0.25) is 0 Å². The molecule has 1 aromatic heterocycles. The Morgan fingerprint density at radius 2 is 2.07 bits per heavy atom. The van der Waals surface area contributed by atoms with E-state index in [1.165, 1.54) is 6.07 Å². The summed E-state index contributed by atoms with van der Waals surface area (Å²) in [5, 5.41) is 9.10. The highest BCUT2D eigenvalue weighted by Crippen LogP contribution is 2.30. The van der Waals surface area contributed by atoms with E-state index in [0.717, 1.165) is 51.2 Å². The number of aromatic nitrogens is 1. The van der Waals surface area contributed by atoms with E-state index in [1.54, 1.807) is 0 Å². The lowest BCUT2D eigenvalue weighted by Crippen LogP contribution is -2.31. The molecule has 0 amide bonds. The van der Waals surface area contributed by atoms with E-state index in [1.807, 2.05) is 0 Å². The molecule has 0 spiro atoms. The number of benzene rings is 1. The van der Waals surface area contributed by atoms with Gasteiger partial charge >= 0.3 is 0 Å². The molecule has 0 unspecified atom stereocenters. The van der Waals surface area contributed by atoms with Crippen LogP contribution in [0, 0.1) is 10.9 Å². The lowest BCUT2D eigenvalue weighted by molar-refractivity contribution is 0.530. The maximum absolute atomic E-state index is 14.4. The Bertz CT molecular complexity index is 936. The topological polar surface area (TPSA) is 95.2 Å². The number of thiazole rings is 1. The molecule has 7 nitrogen and oxygen atoms in total. The van der Waals surface area contributed by atoms with Crippen LogP contribution in [-0.4, -0.2) is 45.6 Å². The third kappa shape index (κ3) is 6.32. The molecule has 1 fully saturated rings. The Labute approximate surface area is 180 Å². The maximum Gasteiger partial charge on any atom is 0.266 e. The maximum atomic E-state index is 14.4. The number of nitrogens with zero attached hydrogens (tertiary/aromatic N) is 1. The van der Waals surface area contributed by atoms with Crippen molar-refractivity contribution in [2.75, 3.05) is 36.2 Å². The third-order valence-electron chi connectivity index (χ3n) is 4.42. The molecular weight excluding hydrogens is 488 g/mol. The summed E-state index contributed by atoms with van der Waals surface area (Å²) >= 11 is 3.80. The average Bonchev–Trinajstić information content (AvgIpc) is 3.31. The monoisotopic (exact) mass is 509 g/mol. The van der Waals surface area contributed by atoms with Gasteiger partial charge in [0.25, 0.3) is 10.0 Å². The summed E-state index contributed by atoms with van der Waals surface area (Å²) in [7, 11) is -4.23. The van der Waals surface area contributed by atoms with Gasteiger partial charge in [-0.25, -0.2) is 17.8 Å². The van der Waals surface area contributed by atoms with E-state index in [2.05, 4.69) is 41.6 Å². The van der Waals surface area contributed by atoms with E-state index in [-0.39, 0.29) is 5.13 Å². The van der Waals surface area contributed by atoms with Gasteiger partial charge in [0.2, 0.25) is 0 Å². The predicted molar refractivity (Wildman–Crippen MR) is 114 cm³/mol. The number of nitrogens with one attached hydrogen (secondary N) is 4. The molecule has 1 aliphatic heterocycles. The largest absolute Gasteiger partial charge is 0.384 e. The van der Waals surface area contributed by atoms with Gasteiger partial charge in [0.05, 0.1) is 11.9 Å². The number of hydrogen-bond acceptors (Lipinski definition) is 7. The summed E-state index contributed by atoms with van der Waals surface area (Å²) in [5.41, 5.74) is 0.467. The molecule has 1 saturated heterocycles. The van der Waals surface area contributed by atoms with E-state index in [0.29, 0.717) is 34.1 Å². The molecule has 0 radical (unpaired) electrons. The van der Waals surface area contributed by atoms with Crippen LogP contribution >= 0.6 is 27.3 Å². The van der Waals surface area contributed by atoms with Crippen LogP contribution in [0.1, 0.15) is 19.3 Å². The first-order valence-corrected chi connectivity index (χ1v) is 12.3. The summed E-state index contributed by atoms with van der Waals surface area (Å²) < 4.78 is 54.7. The van der Waals surface area contributed by atoms with Crippen molar-refractivity contribution >= 4 is 48.1 Å². The lowest BCUT2D eigenvalue weighted by Gasteiger charge is -2.13. The van der Waals surface area contributed by atoms with Gasteiger partial charge < -0.3 is 16.0 Å². The normalized spacial score (nSPS) is 16.9. The quantitative estimate of drug-likeness (QED) is 0.367. The van der Waals surface area contributed by atoms with Crippen LogP contribution in [0.4, 0.5) is 19.6 Å². The molecule has 160 valence electrons. The van der Waals surface area contributed by atoms with Gasteiger partial charge in [-0.15, -0.1) is 0 Å². The van der Waals surface area contributed by atoms with Gasteiger partial charge in [-0.05, 0) is 60.4 Å². The Hall–Kier alpha value is -1.34. The van der Waals surface area contributed by atoms with Crippen LogP contribution in [-0.2, 0) is 10.0 Å². The van der Waals surface area contributed by atoms with Crippen molar-refractivity contribution in [1.29, 1.82) is 0 Å². The molecule has 29 heavy (non-hydrogen) atoms.